The van der Waals surface area contributed by atoms with Crippen LogP contribution >= 0.6 is 0 Å². The van der Waals surface area contributed by atoms with Gasteiger partial charge < -0.3 is 19.0 Å². The first-order valence-corrected chi connectivity index (χ1v) is 10.6. The van der Waals surface area contributed by atoms with Crippen LogP contribution in [0.4, 0.5) is 0 Å². The van der Waals surface area contributed by atoms with E-state index in [4.69, 9.17) is 14.2 Å². The first-order valence-electron chi connectivity index (χ1n) is 10.6. The topological polar surface area (TPSA) is 61.8 Å². The zero-order valence-corrected chi connectivity index (χ0v) is 18.5. The molecule has 0 amide bonds. The fourth-order valence-corrected chi connectivity index (χ4v) is 3.61. The molecule has 1 unspecified atom stereocenters. The molecule has 164 valence electrons. The molecular weight excluding hydrogens is 404 g/mol. The van der Waals surface area contributed by atoms with Crippen LogP contribution in [0.2, 0.25) is 0 Å². The van der Waals surface area contributed by atoms with Crippen LogP contribution in [0.25, 0.3) is 11.1 Å². The molecule has 5 nitrogen and oxygen atoms in total. The van der Waals surface area contributed by atoms with Gasteiger partial charge in [0.05, 0.1) is 5.56 Å². The summed E-state index contributed by atoms with van der Waals surface area (Å²) in [6.45, 7) is 5.76. The minimum Gasteiger partial charge on any atom is -0.456 e. The summed E-state index contributed by atoms with van der Waals surface area (Å²) in [6, 6.07) is 21.1. The molecule has 1 aliphatic heterocycles. The summed E-state index contributed by atoms with van der Waals surface area (Å²) in [7, 11) is 0. The lowest BCUT2D eigenvalue weighted by atomic mass is 9.91. The van der Waals surface area contributed by atoms with Crippen molar-refractivity contribution in [3.63, 3.8) is 0 Å². The average Bonchev–Trinajstić information content (AvgIpc) is 3.25. The normalized spacial score (nSPS) is 13.5. The quantitative estimate of drug-likeness (QED) is 0.378. The molecule has 0 spiro atoms. The molecule has 0 aromatic heterocycles. The predicted molar refractivity (Wildman–Crippen MR) is 122 cm³/mol. The van der Waals surface area contributed by atoms with Gasteiger partial charge in [-0.2, -0.15) is 0 Å². The van der Waals surface area contributed by atoms with E-state index in [1.165, 1.54) is 0 Å². The molecule has 0 bridgehead atoms. The lowest BCUT2D eigenvalue weighted by Gasteiger charge is -2.19. The van der Waals surface area contributed by atoms with Crippen molar-refractivity contribution in [1.29, 1.82) is 0 Å². The van der Waals surface area contributed by atoms with Gasteiger partial charge >= 0.3 is 5.97 Å². The Morgan fingerprint density at radius 3 is 2.25 bits per heavy atom. The number of hydrogen-bond acceptors (Lipinski definition) is 5. The number of carbonyl (C=O) groups is 2. The third-order valence-corrected chi connectivity index (χ3v) is 5.25. The average molecular weight is 431 g/mol. The van der Waals surface area contributed by atoms with Crippen LogP contribution in [0, 0.1) is 0 Å². The Bertz CT molecular complexity index is 1110. The molecule has 0 aliphatic carbocycles. The van der Waals surface area contributed by atoms with Crippen LogP contribution in [0.3, 0.4) is 0 Å². The summed E-state index contributed by atoms with van der Waals surface area (Å²) < 4.78 is 16.2. The number of aldehydes is 1. The molecule has 0 fully saturated rings. The van der Waals surface area contributed by atoms with Crippen LogP contribution in [-0.4, -0.2) is 24.6 Å². The van der Waals surface area contributed by atoms with Gasteiger partial charge in [-0.05, 0) is 73.7 Å². The smallest absolute Gasteiger partial charge is 0.338 e. The summed E-state index contributed by atoms with van der Waals surface area (Å²) in [4.78, 5) is 24.0. The van der Waals surface area contributed by atoms with Crippen LogP contribution in [0.1, 0.15) is 48.2 Å². The molecule has 1 atom stereocenters. The molecule has 1 aliphatic rings. The minimum absolute atomic E-state index is 0.248. The predicted octanol–water partition coefficient (Wildman–Crippen LogP) is 5.56. The molecule has 3 aromatic carbocycles. The number of carbonyl (C=O) groups excluding carboxylic acids is 2. The molecule has 5 heteroatoms. The number of rotatable bonds is 6. The van der Waals surface area contributed by atoms with Crippen LogP contribution in [0.15, 0.2) is 66.7 Å². The number of hydrogen-bond donors (Lipinski definition) is 0. The molecule has 0 saturated carbocycles. The molecule has 0 radical (unpaired) electrons. The highest BCUT2D eigenvalue weighted by Crippen LogP contribution is 2.36. The Labute approximate surface area is 187 Å². The van der Waals surface area contributed by atoms with Gasteiger partial charge in [0.1, 0.15) is 11.9 Å². The van der Waals surface area contributed by atoms with E-state index in [2.05, 4.69) is 0 Å². The van der Waals surface area contributed by atoms with Gasteiger partial charge in [0.25, 0.3) is 0 Å². The van der Waals surface area contributed by atoms with Gasteiger partial charge in [0, 0.05) is 5.92 Å². The number of benzene rings is 3. The Morgan fingerprint density at radius 1 is 0.938 bits per heavy atom. The Hall–Kier alpha value is -3.60. The zero-order chi connectivity index (χ0) is 22.7. The van der Waals surface area contributed by atoms with E-state index in [9.17, 15) is 9.59 Å². The minimum atomic E-state index is -0.537. The van der Waals surface area contributed by atoms with Gasteiger partial charge in [0.2, 0.25) is 6.79 Å². The first kappa shape index (κ1) is 21.6. The summed E-state index contributed by atoms with van der Waals surface area (Å²) in [6.07, 6.45) is 1.53. The summed E-state index contributed by atoms with van der Waals surface area (Å²) in [5.74, 6) is 0.875. The Morgan fingerprint density at radius 2 is 1.59 bits per heavy atom. The third kappa shape index (κ3) is 4.99. The maximum absolute atomic E-state index is 12.2. The number of fused-ring (bicyclic) bond motifs is 1. The Kier molecular flexibility index (Phi) is 5.99. The second-order valence-corrected chi connectivity index (χ2v) is 8.84. The van der Waals surface area contributed by atoms with Gasteiger partial charge in [-0.3, -0.25) is 0 Å². The fourth-order valence-electron chi connectivity index (χ4n) is 3.61. The molecule has 32 heavy (non-hydrogen) atoms. The third-order valence-electron chi connectivity index (χ3n) is 5.25. The maximum atomic E-state index is 12.2. The largest absolute Gasteiger partial charge is 0.456 e. The lowest BCUT2D eigenvalue weighted by Crippen LogP contribution is -2.23. The highest BCUT2D eigenvalue weighted by Gasteiger charge is 2.18. The van der Waals surface area contributed by atoms with Crippen molar-refractivity contribution in [3.8, 4) is 22.6 Å². The van der Waals surface area contributed by atoms with E-state index in [1.54, 1.807) is 12.1 Å². The molecule has 1 heterocycles. The fraction of sp³-hybridized carbons (Fsp3) is 0.259. The second kappa shape index (κ2) is 8.87. The van der Waals surface area contributed by atoms with E-state index in [-0.39, 0.29) is 18.7 Å². The Balaban J connectivity index is 1.45. The van der Waals surface area contributed by atoms with Crippen molar-refractivity contribution in [3.05, 3.63) is 83.4 Å². The van der Waals surface area contributed by atoms with Crippen LogP contribution in [-0.2, 0) is 16.0 Å². The molecule has 4 rings (SSSR count). The number of ether oxygens (including phenoxy) is 3. The summed E-state index contributed by atoms with van der Waals surface area (Å²) in [5.41, 5.74) is 3.96. The second-order valence-electron chi connectivity index (χ2n) is 8.84. The highest BCUT2D eigenvalue weighted by molar-refractivity contribution is 5.89. The maximum Gasteiger partial charge on any atom is 0.338 e. The van der Waals surface area contributed by atoms with Gasteiger partial charge in [0.15, 0.2) is 11.5 Å². The van der Waals surface area contributed by atoms with E-state index in [0.717, 1.165) is 40.0 Å². The van der Waals surface area contributed by atoms with E-state index < -0.39 is 5.60 Å². The first-order chi connectivity index (χ1) is 15.3. The van der Waals surface area contributed by atoms with Crippen molar-refractivity contribution in [2.75, 3.05) is 6.79 Å². The lowest BCUT2D eigenvalue weighted by molar-refractivity contribution is -0.109. The highest BCUT2D eigenvalue weighted by atomic mass is 16.7. The molecular formula is C27H26O5. The van der Waals surface area contributed by atoms with Crippen LogP contribution in [0.5, 0.6) is 11.5 Å². The SMILES string of the molecule is CC(C)(C)OC(=O)c1ccc(CC(C=O)c2ccc(-c3ccc4c(c3)OCO4)cc2)cc1. The molecule has 0 N–H and O–H groups in total. The van der Waals surface area contributed by atoms with E-state index >= 15 is 0 Å². The van der Waals surface area contributed by atoms with Crippen molar-refractivity contribution >= 4 is 12.3 Å². The van der Waals surface area contributed by atoms with Crippen LogP contribution < -0.4 is 9.47 Å². The van der Waals surface area contributed by atoms with Crippen molar-refractivity contribution < 1.29 is 23.8 Å². The van der Waals surface area contributed by atoms with Gasteiger partial charge in [-0.25, -0.2) is 4.79 Å². The zero-order valence-electron chi connectivity index (χ0n) is 18.5. The van der Waals surface area contributed by atoms with Gasteiger partial charge in [-0.1, -0.05) is 42.5 Å². The number of esters is 1. The van der Waals surface area contributed by atoms with Crippen molar-refractivity contribution in [2.45, 2.75) is 38.7 Å². The van der Waals surface area contributed by atoms with Crippen molar-refractivity contribution in [2.24, 2.45) is 0 Å². The molecule has 3 aromatic rings. The standard InChI is InChI=1S/C27H26O5/c1-27(2,3)32-26(29)21-6-4-18(5-7-21)14-23(16-28)20-10-8-19(9-11-20)22-12-13-24-25(15-22)31-17-30-24/h4-13,15-16,23H,14,17H2,1-3H3. The van der Waals surface area contributed by atoms with Crippen molar-refractivity contribution in [1.82, 2.24) is 0 Å². The van der Waals surface area contributed by atoms with E-state index in [0.29, 0.717) is 12.0 Å². The monoisotopic (exact) mass is 430 g/mol. The summed E-state index contributed by atoms with van der Waals surface area (Å²) in [5, 5.41) is 0. The van der Waals surface area contributed by atoms with E-state index in [1.807, 2.05) is 75.4 Å². The molecule has 0 saturated heterocycles. The summed E-state index contributed by atoms with van der Waals surface area (Å²) >= 11 is 0. The van der Waals surface area contributed by atoms with Gasteiger partial charge in [-0.15, -0.1) is 0 Å².